The van der Waals surface area contributed by atoms with Gasteiger partial charge in [0.1, 0.15) is 11.9 Å². The van der Waals surface area contributed by atoms with E-state index in [0.717, 1.165) is 0 Å². The summed E-state index contributed by atoms with van der Waals surface area (Å²) >= 11 is 0. The van der Waals surface area contributed by atoms with Gasteiger partial charge in [0.25, 0.3) is 0 Å². The minimum atomic E-state index is -5.06. The summed E-state index contributed by atoms with van der Waals surface area (Å²) in [5.41, 5.74) is 2.11. The van der Waals surface area contributed by atoms with Crippen LogP contribution in [0.1, 0.15) is 17.2 Å². The molecule has 1 aromatic rings. The Hall–Kier alpha value is -1.31. The lowest BCUT2D eigenvalue weighted by Gasteiger charge is -2.17. The minimum absolute atomic E-state index is 0.0630. The van der Waals surface area contributed by atoms with Crippen molar-refractivity contribution < 1.29 is 30.7 Å². The largest absolute Gasteiger partial charge is 0.419 e. The molecule has 0 aromatic heterocycles. The normalized spacial score (nSPS) is 14.8. The molecular formula is C9H6F7N. The zero-order valence-electron chi connectivity index (χ0n) is 8.03. The first-order valence-electron chi connectivity index (χ1n) is 4.22. The van der Waals surface area contributed by atoms with Crippen LogP contribution in [0.25, 0.3) is 0 Å². The highest BCUT2D eigenvalue weighted by Gasteiger charge is 2.40. The Morgan fingerprint density at radius 1 is 1.00 bits per heavy atom. The van der Waals surface area contributed by atoms with Crippen LogP contribution in [-0.4, -0.2) is 6.18 Å². The molecule has 0 heterocycles. The predicted octanol–water partition coefficient (Wildman–Crippen LogP) is 3.41. The molecule has 0 saturated heterocycles. The smallest absolute Gasteiger partial charge is 0.316 e. The molecule has 0 bridgehead atoms. The Morgan fingerprint density at radius 3 is 1.94 bits per heavy atom. The maximum absolute atomic E-state index is 12.8. The second-order valence-electron chi connectivity index (χ2n) is 3.26. The molecule has 1 unspecified atom stereocenters. The molecule has 1 atom stereocenters. The number of rotatable bonds is 1. The summed E-state index contributed by atoms with van der Waals surface area (Å²) in [5.74, 6) is -1.64. The van der Waals surface area contributed by atoms with Gasteiger partial charge in [-0.3, -0.25) is 0 Å². The highest BCUT2D eigenvalue weighted by atomic mass is 19.4. The van der Waals surface area contributed by atoms with Crippen molar-refractivity contribution in [1.82, 2.24) is 0 Å². The molecule has 0 amide bonds. The quantitative estimate of drug-likeness (QED) is 0.770. The molecule has 2 N–H and O–H groups in total. The lowest BCUT2D eigenvalue weighted by Crippen LogP contribution is -2.28. The van der Waals surface area contributed by atoms with E-state index in [1.54, 1.807) is 0 Å². The topological polar surface area (TPSA) is 26.0 Å². The van der Waals surface area contributed by atoms with Crippen molar-refractivity contribution in [3.8, 4) is 0 Å². The number of nitrogens with two attached hydrogens (primary N) is 1. The fraction of sp³-hybridized carbons (Fsp3) is 0.333. The Labute approximate surface area is 91.0 Å². The SMILES string of the molecule is NC(c1ccc(F)c(C(F)(F)F)c1)C(F)(F)F. The van der Waals surface area contributed by atoms with E-state index in [1.807, 2.05) is 0 Å². The molecule has 0 aliphatic rings. The standard InChI is InChI=1S/C9H6F7N/c10-6-2-1-4(7(17)9(14,15)16)3-5(6)8(11,12)13/h1-3,7H,17H2. The maximum atomic E-state index is 12.8. The van der Waals surface area contributed by atoms with Crippen LogP contribution in [-0.2, 0) is 6.18 Å². The van der Waals surface area contributed by atoms with Gasteiger partial charge in [0.15, 0.2) is 0 Å². The maximum Gasteiger partial charge on any atom is 0.419 e. The molecule has 8 heteroatoms. The molecule has 17 heavy (non-hydrogen) atoms. The molecular weight excluding hydrogens is 255 g/mol. The highest BCUT2D eigenvalue weighted by Crippen LogP contribution is 2.36. The van der Waals surface area contributed by atoms with Crippen LogP contribution in [0, 0.1) is 5.82 Å². The Kier molecular flexibility index (Phi) is 3.37. The average molecular weight is 261 g/mol. The number of benzene rings is 1. The number of hydrogen-bond acceptors (Lipinski definition) is 1. The Morgan fingerprint density at radius 2 is 1.53 bits per heavy atom. The molecule has 0 radical (unpaired) electrons. The van der Waals surface area contributed by atoms with Crippen LogP contribution in [0.2, 0.25) is 0 Å². The van der Waals surface area contributed by atoms with Gasteiger partial charge < -0.3 is 5.73 Å². The second kappa shape index (κ2) is 4.17. The first-order chi connectivity index (χ1) is 7.53. The van der Waals surface area contributed by atoms with Crippen molar-refractivity contribution >= 4 is 0 Å². The Balaban J connectivity index is 3.23. The fourth-order valence-electron chi connectivity index (χ4n) is 1.14. The van der Waals surface area contributed by atoms with Crippen LogP contribution in [0.5, 0.6) is 0 Å². The van der Waals surface area contributed by atoms with E-state index in [0.29, 0.717) is 12.1 Å². The molecule has 96 valence electrons. The van der Waals surface area contributed by atoms with E-state index in [2.05, 4.69) is 0 Å². The summed E-state index contributed by atoms with van der Waals surface area (Å²) in [6.07, 6.45) is -9.95. The van der Waals surface area contributed by atoms with Gasteiger partial charge in [0, 0.05) is 0 Å². The van der Waals surface area contributed by atoms with Crippen molar-refractivity contribution in [1.29, 1.82) is 0 Å². The fourth-order valence-corrected chi connectivity index (χ4v) is 1.14. The summed E-state index contributed by atoms with van der Waals surface area (Å²) in [4.78, 5) is 0. The van der Waals surface area contributed by atoms with E-state index < -0.39 is 35.3 Å². The molecule has 0 saturated carbocycles. The third-order valence-corrected chi connectivity index (χ3v) is 2.01. The van der Waals surface area contributed by atoms with Gasteiger partial charge in [-0.2, -0.15) is 26.3 Å². The van der Waals surface area contributed by atoms with E-state index in [-0.39, 0.29) is 6.07 Å². The summed E-state index contributed by atoms with van der Waals surface area (Å²) in [7, 11) is 0. The lowest BCUT2D eigenvalue weighted by atomic mass is 10.0. The van der Waals surface area contributed by atoms with Gasteiger partial charge in [-0.15, -0.1) is 0 Å². The monoisotopic (exact) mass is 261 g/mol. The van der Waals surface area contributed by atoms with Gasteiger partial charge in [-0.25, -0.2) is 4.39 Å². The number of halogens is 7. The van der Waals surface area contributed by atoms with Crippen LogP contribution in [0.15, 0.2) is 18.2 Å². The van der Waals surface area contributed by atoms with Crippen LogP contribution < -0.4 is 5.73 Å². The second-order valence-corrected chi connectivity index (χ2v) is 3.26. The van der Waals surface area contributed by atoms with Crippen LogP contribution >= 0.6 is 0 Å². The highest BCUT2D eigenvalue weighted by molar-refractivity contribution is 5.30. The van der Waals surface area contributed by atoms with Crippen molar-refractivity contribution in [2.75, 3.05) is 0 Å². The van der Waals surface area contributed by atoms with Crippen molar-refractivity contribution in [3.63, 3.8) is 0 Å². The number of alkyl halides is 6. The van der Waals surface area contributed by atoms with E-state index >= 15 is 0 Å². The van der Waals surface area contributed by atoms with E-state index in [1.165, 1.54) is 0 Å². The molecule has 0 fully saturated rings. The molecule has 0 aliphatic heterocycles. The first-order valence-corrected chi connectivity index (χ1v) is 4.22. The predicted molar refractivity (Wildman–Crippen MR) is 44.4 cm³/mol. The third-order valence-electron chi connectivity index (χ3n) is 2.01. The van der Waals surface area contributed by atoms with Crippen molar-refractivity contribution in [2.24, 2.45) is 5.73 Å². The molecule has 0 spiro atoms. The van der Waals surface area contributed by atoms with Gasteiger partial charge in [-0.1, -0.05) is 6.07 Å². The van der Waals surface area contributed by atoms with Gasteiger partial charge in [-0.05, 0) is 17.7 Å². The molecule has 1 nitrogen and oxygen atoms in total. The van der Waals surface area contributed by atoms with Gasteiger partial charge in [0.2, 0.25) is 0 Å². The summed E-state index contributed by atoms with van der Waals surface area (Å²) in [6, 6.07) is -1.64. The van der Waals surface area contributed by atoms with Crippen molar-refractivity contribution in [3.05, 3.63) is 35.1 Å². The zero-order chi connectivity index (χ0) is 13.4. The number of hydrogen-bond donors (Lipinski definition) is 1. The van der Waals surface area contributed by atoms with Crippen molar-refractivity contribution in [2.45, 2.75) is 18.4 Å². The first kappa shape index (κ1) is 13.8. The summed E-state index contributed by atoms with van der Waals surface area (Å²) in [5, 5.41) is 0. The molecule has 1 aromatic carbocycles. The molecule has 1 rings (SSSR count). The average Bonchev–Trinajstić information content (AvgIpc) is 2.14. The van der Waals surface area contributed by atoms with E-state index in [9.17, 15) is 30.7 Å². The van der Waals surface area contributed by atoms with Crippen LogP contribution in [0.3, 0.4) is 0 Å². The third kappa shape index (κ3) is 3.09. The minimum Gasteiger partial charge on any atom is -0.316 e. The summed E-state index contributed by atoms with van der Waals surface area (Å²) < 4.78 is 86.0. The van der Waals surface area contributed by atoms with Gasteiger partial charge >= 0.3 is 12.4 Å². The van der Waals surface area contributed by atoms with Crippen LogP contribution in [0.4, 0.5) is 30.7 Å². The lowest BCUT2D eigenvalue weighted by molar-refractivity contribution is -0.150. The van der Waals surface area contributed by atoms with E-state index in [4.69, 9.17) is 5.73 Å². The Bertz CT molecular complexity index is 407. The summed E-state index contributed by atoms with van der Waals surface area (Å²) in [6.45, 7) is 0. The zero-order valence-corrected chi connectivity index (χ0v) is 8.03. The molecule has 0 aliphatic carbocycles. The van der Waals surface area contributed by atoms with Gasteiger partial charge in [0.05, 0.1) is 5.56 Å².